The number of hydrogen-bond acceptors (Lipinski definition) is 1. The summed E-state index contributed by atoms with van der Waals surface area (Å²) in [6.45, 7) is 3.85. The summed E-state index contributed by atoms with van der Waals surface area (Å²) in [5.41, 5.74) is 2.79. The van der Waals surface area contributed by atoms with Gasteiger partial charge in [-0.2, -0.15) is 0 Å². The van der Waals surface area contributed by atoms with Crippen LogP contribution in [0.2, 0.25) is 0 Å². The number of allylic oxidation sites excluding steroid dienone is 1. The molecule has 0 saturated carbocycles. The van der Waals surface area contributed by atoms with E-state index in [4.69, 9.17) is 5.11 Å². The van der Waals surface area contributed by atoms with Crippen LogP contribution in [-0.2, 0) is 0 Å². The van der Waals surface area contributed by atoms with Gasteiger partial charge in [0.25, 0.3) is 0 Å². The van der Waals surface area contributed by atoms with Crippen LogP contribution in [0.3, 0.4) is 0 Å². The predicted molar refractivity (Wildman–Crippen MR) is 51.8 cm³/mol. The molecule has 1 aromatic carbocycles. The van der Waals surface area contributed by atoms with Gasteiger partial charge in [-0.15, -0.1) is 0 Å². The normalized spacial score (nSPS) is 9.85. The Morgan fingerprint density at radius 1 is 1.23 bits per heavy atom. The van der Waals surface area contributed by atoms with Gasteiger partial charge in [0.1, 0.15) is 5.82 Å². The van der Waals surface area contributed by atoms with Gasteiger partial charge in [0, 0.05) is 0 Å². The van der Waals surface area contributed by atoms with Gasteiger partial charge in [-0.3, -0.25) is 0 Å². The molecule has 13 heavy (non-hydrogen) atoms. The van der Waals surface area contributed by atoms with Crippen LogP contribution in [0.15, 0.2) is 29.8 Å². The van der Waals surface area contributed by atoms with E-state index in [9.17, 15) is 4.39 Å². The Hall–Kier alpha value is -1.15. The van der Waals surface area contributed by atoms with Crippen molar-refractivity contribution in [3.8, 4) is 0 Å². The zero-order valence-corrected chi connectivity index (χ0v) is 7.84. The van der Waals surface area contributed by atoms with Crippen molar-refractivity contribution in [3.63, 3.8) is 0 Å². The quantitative estimate of drug-likeness (QED) is 0.741. The lowest BCUT2D eigenvalue weighted by molar-refractivity contribution is 0.349. The van der Waals surface area contributed by atoms with Crippen LogP contribution < -0.4 is 0 Å². The zero-order chi connectivity index (χ0) is 9.84. The summed E-state index contributed by atoms with van der Waals surface area (Å²) in [6.07, 6.45) is 0. The molecule has 1 N–H and O–H groups in total. The minimum Gasteiger partial charge on any atom is -0.392 e. The predicted octanol–water partition coefficient (Wildman–Crippen LogP) is 2.61. The minimum atomic E-state index is -0.255. The zero-order valence-electron chi connectivity index (χ0n) is 7.84. The molecule has 0 aliphatic rings. The van der Waals surface area contributed by atoms with E-state index in [1.807, 2.05) is 13.8 Å². The first kappa shape index (κ1) is 9.93. The van der Waals surface area contributed by atoms with Gasteiger partial charge in [-0.25, -0.2) is 4.39 Å². The number of aliphatic hydroxyl groups is 1. The smallest absolute Gasteiger partial charge is 0.123 e. The van der Waals surface area contributed by atoms with Crippen molar-refractivity contribution in [2.45, 2.75) is 13.8 Å². The molecule has 1 nitrogen and oxygen atoms in total. The average Bonchev–Trinajstić information content (AvgIpc) is 2.09. The molecule has 70 valence electrons. The maximum Gasteiger partial charge on any atom is 0.123 e. The van der Waals surface area contributed by atoms with E-state index in [-0.39, 0.29) is 12.4 Å². The molecule has 0 bridgehead atoms. The van der Waals surface area contributed by atoms with E-state index in [1.54, 1.807) is 12.1 Å². The Balaban J connectivity index is 3.07. The van der Waals surface area contributed by atoms with Gasteiger partial charge in [-0.1, -0.05) is 17.7 Å². The molecule has 0 fully saturated rings. The summed E-state index contributed by atoms with van der Waals surface area (Å²) in [5, 5.41) is 9.07. The number of hydrogen-bond donors (Lipinski definition) is 1. The third-order valence-corrected chi connectivity index (χ3v) is 1.95. The Bertz CT molecular complexity index is 307. The van der Waals surface area contributed by atoms with Gasteiger partial charge in [-0.05, 0) is 37.1 Å². The first-order chi connectivity index (χ1) is 6.15. The molecule has 0 amide bonds. The summed E-state index contributed by atoms with van der Waals surface area (Å²) >= 11 is 0. The monoisotopic (exact) mass is 180 g/mol. The lowest BCUT2D eigenvalue weighted by Gasteiger charge is -2.06. The molecule has 0 unspecified atom stereocenters. The maximum atomic E-state index is 12.6. The highest BCUT2D eigenvalue weighted by atomic mass is 19.1. The summed E-state index contributed by atoms with van der Waals surface area (Å²) < 4.78 is 12.6. The van der Waals surface area contributed by atoms with E-state index in [0.717, 1.165) is 16.7 Å². The molecule has 0 spiro atoms. The summed E-state index contributed by atoms with van der Waals surface area (Å²) in [7, 11) is 0. The van der Waals surface area contributed by atoms with Crippen molar-refractivity contribution in [2.24, 2.45) is 0 Å². The molecule has 1 rings (SSSR count). The fourth-order valence-electron chi connectivity index (χ4n) is 1.19. The van der Waals surface area contributed by atoms with E-state index >= 15 is 0 Å². The molecule has 0 heterocycles. The maximum absolute atomic E-state index is 12.6. The van der Waals surface area contributed by atoms with Crippen molar-refractivity contribution in [1.82, 2.24) is 0 Å². The first-order valence-electron chi connectivity index (χ1n) is 4.18. The van der Waals surface area contributed by atoms with Crippen molar-refractivity contribution >= 4 is 5.57 Å². The van der Waals surface area contributed by atoms with E-state index in [1.165, 1.54) is 12.1 Å². The van der Waals surface area contributed by atoms with Gasteiger partial charge >= 0.3 is 0 Å². The summed E-state index contributed by atoms with van der Waals surface area (Å²) in [4.78, 5) is 0. The van der Waals surface area contributed by atoms with Crippen LogP contribution in [0.4, 0.5) is 4.39 Å². The fraction of sp³-hybridized carbons (Fsp3) is 0.273. The Morgan fingerprint density at radius 3 is 2.15 bits per heavy atom. The second-order valence-electron chi connectivity index (χ2n) is 3.14. The number of benzene rings is 1. The molecule has 0 saturated heterocycles. The average molecular weight is 180 g/mol. The summed E-state index contributed by atoms with van der Waals surface area (Å²) in [6, 6.07) is 6.14. The topological polar surface area (TPSA) is 20.2 Å². The molecule has 0 atom stereocenters. The lowest BCUT2D eigenvalue weighted by Crippen LogP contribution is -1.92. The Labute approximate surface area is 77.5 Å². The second-order valence-corrected chi connectivity index (χ2v) is 3.14. The van der Waals surface area contributed by atoms with Crippen LogP contribution in [0.5, 0.6) is 0 Å². The van der Waals surface area contributed by atoms with E-state index < -0.39 is 0 Å². The van der Waals surface area contributed by atoms with E-state index in [0.29, 0.717) is 0 Å². The van der Waals surface area contributed by atoms with Crippen LogP contribution in [0.25, 0.3) is 5.57 Å². The van der Waals surface area contributed by atoms with Crippen LogP contribution in [0, 0.1) is 5.82 Å². The Morgan fingerprint density at radius 2 is 1.77 bits per heavy atom. The van der Waals surface area contributed by atoms with Gasteiger partial charge in [0.05, 0.1) is 6.61 Å². The summed E-state index contributed by atoms with van der Waals surface area (Å²) in [5.74, 6) is -0.255. The van der Waals surface area contributed by atoms with Crippen molar-refractivity contribution in [2.75, 3.05) is 6.61 Å². The highest BCUT2D eigenvalue weighted by Crippen LogP contribution is 2.17. The van der Waals surface area contributed by atoms with E-state index in [2.05, 4.69) is 0 Å². The standard InChI is InChI=1S/C11H13FO/c1-8(2)11(7-13)9-3-5-10(12)6-4-9/h3-6,13H,7H2,1-2H3. The molecular weight excluding hydrogens is 167 g/mol. The molecular formula is C11H13FO. The largest absolute Gasteiger partial charge is 0.392 e. The number of aliphatic hydroxyl groups excluding tert-OH is 1. The SMILES string of the molecule is CC(C)=C(CO)c1ccc(F)cc1. The van der Waals surface area contributed by atoms with Crippen molar-refractivity contribution < 1.29 is 9.50 Å². The van der Waals surface area contributed by atoms with Crippen molar-refractivity contribution in [3.05, 3.63) is 41.2 Å². The molecule has 0 aromatic heterocycles. The van der Waals surface area contributed by atoms with Crippen LogP contribution >= 0.6 is 0 Å². The highest BCUT2D eigenvalue weighted by Gasteiger charge is 2.01. The molecule has 0 radical (unpaired) electrons. The third kappa shape index (κ3) is 2.39. The lowest BCUT2D eigenvalue weighted by atomic mass is 10.0. The first-order valence-corrected chi connectivity index (χ1v) is 4.18. The second kappa shape index (κ2) is 4.19. The van der Waals surface area contributed by atoms with Gasteiger partial charge < -0.3 is 5.11 Å². The molecule has 0 aliphatic heterocycles. The van der Waals surface area contributed by atoms with Crippen LogP contribution in [0.1, 0.15) is 19.4 Å². The number of rotatable bonds is 2. The number of halogens is 1. The third-order valence-electron chi connectivity index (χ3n) is 1.95. The molecule has 1 aromatic rings. The molecule has 2 heteroatoms. The fourth-order valence-corrected chi connectivity index (χ4v) is 1.19. The van der Waals surface area contributed by atoms with Crippen LogP contribution in [-0.4, -0.2) is 11.7 Å². The van der Waals surface area contributed by atoms with Gasteiger partial charge in [0.2, 0.25) is 0 Å². The highest BCUT2D eigenvalue weighted by molar-refractivity contribution is 5.68. The minimum absolute atomic E-state index is 0.00599. The Kier molecular flexibility index (Phi) is 3.20. The van der Waals surface area contributed by atoms with Crippen molar-refractivity contribution in [1.29, 1.82) is 0 Å². The van der Waals surface area contributed by atoms with Gasteiger partial charge in [0.15, 0.2) is 0 Å². The molecule has 0 aliphatic carbocycles.